The van der Waals surface area contributed by atoms with E-state index in [4.69, 9.17) is 9.47 Å². The summed E-state index contributed by atoms with van der Waals surface area (Å²) in [6.45, 7) is 8.13. The Morgan fingerprint density at radius 3 is 2.44 bits per heavy atom. The number of hydrogen-bond donors (Lipinski definition) is 1. The number of amides is 1. The van der Waals surface area contributed by atoms with Crippen LogP contribution in [0.1, 0.15) is 48.2 Å². The van der Waals surface area contributed by atoms with Gasteiger partial charge in [-0.25, -0.2) is 4.79 Å². The molecule has 1 amide bonds. The van der Waals surface area contributed by atoms with Crippen LogP contribution < -0.4 is 10.1 Å². The smallest absolute Gasteiger partial charge is 0.338 e. The number of ether oxygens (including phenoxy) is 2. The van der Waals surface area contributed by atoms with Crippen LogP contribution in [0.5, 0.6) is 5.75 Å². The number of anilines is 1. The maximum atomic E-state index is 12.4. The lowest BCUT2D eigenvalue weighted by atomic mass is 10.1. The van der Waals surface area contributed by atoms with Crippen molar-refractivity contribution in [2.75, 3.05) is 11.9 Å². The summed E-state index contributed by atoms with van der Waals surface area (Å²) in [4.78, 5) is 24.3. The lowest BCUT2D eigenvalue weighted by molar-refractivity contribution is -0.122. The highest BCUT2D eigenvalue weighted by molar-refractivity contribution is 5.95. The molecule has 0 unspecified atom stereocenters. The van der Waals surface area contributed by atoms with Gasteiger partial charge in [0.15, 0.2) is 6.10 Å². The number of hydrogen-bond acceptors (Lipinski definition) is 4. The van der Waals surface area contributed by atoms with Gasteiger partial charge in [0, 0.05) is 5.69 Å². The third kappa shape index (κ3) is 5.84. The fraction of sp³-hybridized carbons (Fsp3) is 0.364. The standard InChI is InChI=1S/C22H27NO4/c1-5-6-14-26-22(25)18-10-12-19(13-11-18)23-21(24)17(4)27-20-9-7-8-15(2)16(20)3/h7-13,17H,5-6,14H2,1-4H3,(H,23,24)/t17-/m0/s1. The summed E-state index contributed by atoms with van der Waals surface area (Å²) in [5.41, 5.74) is 3.19. The predicted molar refractivity (Wildman–Crippen MR) is 106 cm³/mol. The zero-order valence-electron chi connectivity index (χ0n) is 16.4. The Bertz CT molecular complexity index is 783. The van der Waals surface area contributed by atoms with Crippen molar-refractivity contribution < 1.29 is 19.1 Å². The first kappa shape index (κ1) is 20.5. The van der Waals surface area contributed by atoms with Gasteiger partial charge in [-0.2, -0.15) is 0 Å². The van der Waals surface area contributed by atoms with E-state index in [0.29, 0.717) is 23.6 Å². The average molecular weight is 369 g/mol. The summed E-state index contributed by atoms with van der Waals surface area (Å²) in [6, 6.07) is 12.4. The molecule has 0 heterocycles. The van der Waals surface area contributed by atoms with Crippen molar-refractivity contribution in [3.8, 4) is 5.75 Å². The second kappa shape index (κ2) is 9.76. The van der Waals surface area contributed by atoms with Gasteiger partial charge in [-0.15, -0.1) is 0 Å². The molecule has 2 rings (SSSR count). The zero-order valence-corrected chi connectivity index (χ0v) is 16.4. The van der Waals surface area contributed by atoms with Gasteiger partial charge in [-0.3, -0.25) is 4.79 Å². The number of unbranched alkanes of at least 4 members (excludes halogenated alkanes) is 1. The molecule has 0 aliphatic carbocycles. The van der Waals surface area contributed by atoms with Crippen LogP contribution in [0.3, 0.4) is 0 Å². The molecular formula is C22H27NO4. The average Bonchev–Trinajstić information content (AvgIpc) is 2.66. The van der Waals surface area contributed by atoms with Crippen LogP contribution >= 0.6 is 0 Å². The van der Waals surface area contributed by atoms with Gasteiger partial charge < -0.3 is 14.8 Å². The molecule has 1 N–H and O–H groups in total. The van der Waals surface area contributed by atoms with E-state index in [1.54, 1.807) is 31.2 Å². The fourth-order valence-corrected chi connectivity index (χ4v) is 2.42. The van der Waals surface area contributed by atoms with E-state index in [1.807, 2.05) is 39.0 Å². The molecule has 0 fully saturated rings. The lowest BCUT2D eigenvalue weighted by Crippen LogP contribution is -2.30. The minimum atomic E-state index is -0.649. The van der Waals surface area contributed by atoms with Crippen LogP contribution in [0.25, 0.3) is 0 Å². The molecule has 0 aromatic heterocycles. The SMILES string of the molecule is CCCCOC(=O)c1ccc(NC(=O)[C@H](C)Oc2cccc(C)c2C)cc1. The Morgan fingerprint density at radius 2 is 1.78 bits per heavy atom. The number of carbonyl (C=O) groups is 2. The fourth-order valence-electron chi connectivity index (χ4n) is 2.42. The van der Waals surface area contributed by atoms with Gasteiger partial charge in [0.05, 0.1) is 12.2 Å². The Balaban J connectivity index is 1.93. The minimum absolute atomic E-state index is 0.255. The summed E-state index contributed by atoms with van der Waals surface area (Å²) in [6.07, 6.45) is 1.17. The number of esters is 1. The Kier molecular flexibility index (Phi) is 7.41. The van der Waals surface area contributed by atoms with Gasteiger partial charge in [-0.1, -0.05) is 25.5 Å². The van der Waals surface area contributed by atoms with Crippen molar-refractivity contribution in [3.63, 3.8) is 0 Å². The van der Waals surface area contributed by atoms with Gasteiger partial charge in [0.2, 0.25) is 0 Å². The van der Waals surface area contributed by atoms with Crippen molar-refractivity contribution in [3.05, 3.63) is 59.2 Å². The third-order valence-corrected chi connectivity index (χ3v) is 4.35. The summed E-state index contributed by atoms with van der Waals surface area (Å²) in [7, 11) is 0. The van der Waals surface area contributed by atoms with Crippen LogP contribution in [-0.2, 0) is 9.53 Å². The first-order chi connectivity index (χ1) is 12.9. The molecule has 2 aromatic rings. The quantitative estimate of drug-likeness (QED) is 0.543. The van der Waals surface area contributed by atoms with Crippen LogP contribution in [0.2, 0.25) is 0 Å². The Labute approximate surface area is 160 Å². The molecule has 0 spiro atoms. The lowest BCUT2D eigenvalue weighted by Gasteiger charge is -2.17. The zero-order chi connectivity index (χ0) is 19.8. The van der Waals surface area contributed by atoms with Crippen molar-refractivity contribution in [2.45, 2.75) is 46.6 Å². The van der Waals surface area contributed by atoms with Crippen LogP contribution in [0.15, 0.2) is 42.5 Å². The monoisotopic (exact) mass is 369 g/mol. The van der Waals surface area contributed by atoms with Crippen LogP contribution in [-0.4, -0.2) is 24.6 Å². The van der Waals surface area contributed by atoms with Gasteiger partial charge in [-0.05, 0) is 68.7 Å². The molecule has 5 heteroatoms. The number of carbonyl (C=O) groups excluding carboxylic acids is 2. The van der Waals surface area contributed by atoms with Crippen LogP contribution in [0, 0.1) is 13.8 Å². The van der Waals surface area contributed by atoms with Crippen LogP contribution in [0.4, 0.5) is 5.69 Å². The van der Waals surface area contributed by atoms with E-state index >= 15 is 0 Å². The van der Waals surface area contributed by atoms with Crippen molar-refractivity contribution in [1.29, 1.82) is 0 Å². The van der Waals surface area contributed by atoms with Crippen molar-refractivity contribution in [1.82, 2.24) is 0 Å². The number of rotatable bonds is 8. The highest BCUT2D eigenvalue weighted by Gasteiger charge is 2.16. The molecule has 0 bridgehead atoms. The molecule has 0 aliphatic heterocycles. The third-order valence-electron chi connectivity index (χ3n) is 4.35. The highest BCUT2D eigenvalue weighted by atomic mass is 16.5. The first-order valence-electron chi connectivity index (χ1n) is 9.23. The summed E-state index contributed by atoms with van der Waals surface area (Å²) < 4.78 is 11.0. The van der Waals surface area contributed by atoms with Gasteiger partial charge in [0.25, 0.3) is 5.91 Å². The topological polar surface area (TPSA) is 64.6 Å². The molecular weight excluding hydrogens is 342 g/mol. The van der Waals surface area contributed by atoms with E-state index < -0.39 is 6.10 Å². The maximum absolute atomic E-state index is 12.4. The van der Waals surface area contributed by atoms with E-state index in [-0.39, 0.29) is 11.9 Å². The molecule has 2 aromatic carbocycles. The Hall–Kier alpha value is -2.82. The summed E-state index contributed by atoms with van der Waals surface area (Å²) in [5.74, 6) is 0.0879. The van der Waals surface area contributed by atoms with E-state index in [2.05, 4.69) is 5.32 Å². The molecule has 0 radical (unpaired) electrons. The normalized spacial score (nSPS) is 11.6. The second-order valence-electron chi connectivity index (χ2n) is 6.51. The maximum Gasteiger partial charge on any atom is 0.338 e. The molecule has 1 atom stereocenters. The molecule has 0 saturated carbocycles. The van der Waals surface area contributed by atoms with Crippen molar-refractivity contribution >= 4 is 17.6 Å². The highest BCUT2D eigenvalue weighted by Crippen LogP contribution is 2.22. The summed E-state index contributed by atoms with van der Waals surface area (Å²) >= 11 is 0. The second-order valence-corrected chi connectivity index (χ2v) is 6.51. The number of benzene rings is 2. The van der Waals surface area contributed by atoms with Crippen molar-refractivity contribution in [2.24, 2.45) is 0 Å². The first-order valence-corrected chi connectivity index (χ1v) is 9.23. The summed E-state index contributed by atoms with van der Waals surface area (Å²) in [5, 5.41) is 2.80. The molecule has 5 nitrogen and oxygen atoms in total. The minimum Gasteiger partial charge on any atom is -0.481 e. The Morgan fingerprint density at radius 1 is 1.07 bits per heavy atom. The predicted octanol–water partition coefficient (Wildman–Crippen LogP) is 4.67. The number of aryl methyl sites for hydroxylation is 1. The van der Waals surface area contributed by atoms with E-state index in [1.165, 1.54) is 0 Å². The van der Waals surface area contributed by atoms with E-state index in [0.717, 1.165) is 24.0 Å². The van der Waals surface area contributed by atoms with Gasteiger partial charge >= 0.3 is 5.97 Å². The molecule has 144 valence electrons. The largest absolute Gasteiger partial charge is 0.481 e. The molecule has 0 saturated heterocycles. The van der Waals surface area contributed by atoms with Gasteiger partial charge in [0.1, 0.15) is 5.75 Å². The molecule has 27 heavy (non-hydrogen) atoms. The molecule has 0 aliphatic rings. The number of nitrogens with one attached hydrogen (secondary N) is 1. The van der Waals surface area contributed by atoms with E-state index in [9.17, 15) is 9.59 Å².